The van der Waals surface area contributed by atoms with Gasteiger partial charge in [-0.25, -0.2) is 12.8 Å². The monoisotopic (exact) mass is 472 g/mol. The second kappa shape index (κ2) is 9.52. The molecule has 8 heteroatoms. The molecule has 4 rings (SSSR count). The molecule has 5 nitrogen and oxygen atoms in total. The van der Waals surface area contributed by atoms with Crippen LogP contribution in [-0.2, 0) is 21.2 Å². The molecule has 1 aliphatic heterocycles. The highest BCUT2D eigenvalue weighted by atomic mass is 32.2. The Morgan fingerprint density at radius 1 is 1.12 bits per heavy atom. The Morgan fingerprint density at radius 3 is 2.53 bits per heavy atom. The summed E-state index contributed by atoms with van der Waals surface area (Å²) in [7, 11) is -3.92. The Morgan fingerprint density at radius 2 is 1.84 bits per heavy atom. The van der Waals surface area contributed by atoms with E-state index in [2.05, 4.69) is 6.07 Å². The van der Waals surface area contributed by atoms with Crippen molar-refractivity contribution in [3.63, 3.8) is 0 Å². The highest BCUT2D eigenvalue weighted by molar-refractivity contribution is 7.89. The molecule has 1 amide bonds. The fourth-order valence-corrected chi connectivity index (χ4v) is 6.50. The molecule has 168 valence electrons. The van der Waals surface area contributed by atoms with E-state index in [1.54, 1.807) is 16.2 Å². The van der Waals surface area contributed by atoms with Gasteiger partial charge in [-0.2, -0.15) is 4.31 Å². The first-order valence-electron chi connectivity index (χ1n) is 10.6. The van der Waals surface area contributed by atoms with Gasteiger partial charge in [0, 0.05) is 18.0 Å². The van der Waals surface area contributed by atoms with E-state index in [9.17, 15) is 17.6 Å². The summed E-state index contributed by atoms with van der Waals surface area (Å²) in [6, 6.07) is 16.3. The van der Waals surface area contributed by atoms with Gasteiger partial charge in [0.25, 0.3) is 0 Å². The minimum atomic E-state index is -3.92. The zero-order chi connectivity index (χ0) is 22.7. The first-order valence-corrected chi connectivity index (χ1v) is 12.9. The van der Waals surface area contributed by atoms with Crippen LogP contribution >= 0.6 is 11.3 Å². The third-order valence-corrected chi connectivity index (χ3v) is 8.49. The van der Waals surface area contributed by atoms with Crippen LogP contribution in [0.3, 0.4) is 0 Å². The molecule has 0 radical (unpaired) electrons. The van der Waals surface area contributed by atoms with Crippen LogP contribution in [0, 0.1) is 5.82 Å². The lowest BCUT2D eigenvalue weighted by Crippen LogP contribution is -2.46. The smallest absolute Gasteiger partial charge is 0.243 e. The van der Waals surface area contributed by atoms with Crippen LogP contribution in [0.1, 0.15) is 35.4 Å². The van der Waals surface area contributed by atoms with Crippen LogP contribution in [0.2, 0.25) is 0 Å². The molecule has 2 aromatic carbocycles. The van der Waals surface area contributed by atoms with Crippen LogP contribution in [0.4, 0.5) is 4.39 Å². The Bertz CT molecular complexity index is 1180. The molecule has 0 spiro atoms. The van der Waals surface area contributed by atoms with Gasteiger partial charge < -0.3 is 4.90 Å². The molecule has 0 fully saturated rings. The molecule has 2 heterocycles. The summed E-state index contributed by atoms with van der Waals surface area (Å²) in [6.07, 6.45) is 1.31. The van der Waals surface area contributed by atoms with E-state index in [-0.39, 0.29) is 29.9 Å². The number of halogens is 1. The highest BCUT2D eigenvalue weighted by Crippen LogP contribution is 2.37. The molecular weight excluding hydrogens is 447 g/mol. The average Bonchev–Trinajstić information content (AvgIpc) is 3.28. The van der Waals surface area contributed by atoms with Crippen LogP contribution in [0.15, 0.2) is 70.9 Å². The van der Waals surface area contributed by atoms with Gasteiger partial charge in [-0.05, 0) is 59.7 Å². The maximum Gasteiger partial charge on any atom is 0.243 e. The van der Waals surface area contributed by atoms with Crippen molar-refractivity contribution in [1.82, 2.24) is 9.21 Å². The van der Waals surface area contributed by atoms with Crippen molar-refractivity contribution >= 4 is 27.3 Å². The SMILES string of the molecule is CCCN(CC(=O)N1CCc2sccc2C1c1ccccc1)S(=O)(=O)c1ccc(F)cc1. The number of carbonyl (C=O) groups is 1. The highest BCUT2D eigenvalue weighted by Gasteiger charge is 2.35. The Kier molecular flexibility index (Phi) is 6.74. The van der Waals surface area contributed by atoms with E-state index in [0.717, 1.165) is 29.7 Å². The normalized spacial score (nSPS) is 16.2. The minimum Gasteiger partial charge on any atom is -0.330 e. The Hall–Kier alpha value is -2.55. The van der Waals surface area contributed by atoms with Gasteiger partial charge in [-0.1, -0.05) is 37.3 Å². The molecule has 0 N–H and O–H groups in total. The molecule has 0 aliphatic carbocycles. The molecule has 3 aromatic rings. The van der Waals surface area contributed by atoms with Gasteiger partial charge in [-0.3, -0.25) is 4.79 Å². The zero-order valence-electron chi connectivity index (χ0n) is 17.8. The van der Waals surface area contributed by atoms with Crippen molar-refractivity contribution in [2.45, 2.75) is 30.7 Å². The fourth-order valence-electron chi connectivity index (χ4n) is 4.11. The number of thiophene rings is 1. The van der Waals surface area contributed by atoms with Gasteiger partial charge in [0.15, 0.2) is 0 Å². The van der Waals surface area contributed by atoms with E-state index >= 15 is 0 Å². The third kappa shape index (κ3) is 4.48. The van der Waals surface area contributed by atoms with Crippen LogP contribution < -0.4 is 0 Å². The minimum absolute atomic E-state index is 0.0153. The van der Waals surface area contributed by atoms with Gasteiger partial charge in [0.1, 0.15) is 5.82 Å². The van der Waals surface area contributed by atoms with E-state index in [4.69, 9.17) is 0 Å². The summed E-state index contributed by atoms with van der Waals surface area (Å²) in [5, 5.41) is 2.04. The zero-order valence-corrected chi connectivity index (χ0v) is 19.4. The number of benzene rings is 2. The average molecular weight is 473 g/mol. The second-order valence-electron chi connectivity index (χ2n) is 7.74. The molecule has 0 bridgehead atoms. The molecule has 1 atom stereocenters. The lowest BCUT2D eigenvalue weighted by atomic mass is 9.93. The molecule has 1 aromatic heterocycles. The van der Waals surface area contributed by atoms with Crippen LogP contribution in [0.25, 0.3) is 0 Å². The number of nitrogens with zero attached hydrogens (tertiary/aromatic N) is 2. The first-order chi connectivity index (χ1) is 15.4. The molecule has 0 saturated heterocycles. The van der Waals surface area contributed by atoms with Crippen LogP contribution in [-0.4, -0.2) is 43.2 Å². The first kappa shape index (κ1) is 22.6. The molecular formula is C24H25FN2O3S2. The summed E-state index contributed by atoms with van der Waals surface area (Å²) >= 11 is 1.69. The van der Waals surface area contributed by atoms with E-state index in [1.807, 2.05) is 42.6 Å². The van der Waals surface area contributed by atoms with Crippen LogP contribution in [0.5, 0.6) is 0 Å². The van der Waals surface area contributed by atoms with Gasteiger partial charge in [0.05, 0.1) is 17.5 Å². The van der Waals surface area contributed by atoms with E-state index in [0.29, 0.717) is 13.0 Å². The lowest BCUT2D eigenvalue weighted by molar-refractivity contribution is -0.133. The lowest BCUT2D eigenvalue weighted by Gasteiger charge is -2.37. The Labute approximate surface area is 192 Å². The number of rotatable bonds is 7. The molecule has 1 aliphatic rings. The predicted octanol–water partition coefficient (Wildman–Crippen LogP) is 4.46. The summed E-state index contributed by atoms with van der Waals surface area (Å²) in [4.78, 5) is 16.5. The number of carbonyl (C=O) groups excluding carboxylic acids is 1. The van der Waals surface area contributed by atoms with Gasteiger partial charge >= 0.3 is 0 Å². The summed E-state index contributed by atoms with van der Waals surface area (Å²) in [5.74, 6) is -0.748. The topological polar surface area (TPSA) is 57.7 Å². The third-order valence-electron chi connectivity index (χ3n) is 5.64. The summed E-state index contributed by atoms with van der Waals surface area (Å²) < 4.78 is 40.9. The molecule has 0 saturated carbocycles. The van der Waals surface area contributed by atoms with Crippen molar-refractivity contribution in [2.75, 3.05) is 19.6 Å². The Balaban J connectivity index is 1.64. The van der Waals surface area contributed by atoms with Crippen molar-refractivity contribution in [2.24, 2.45) is 0 Å². The maximum absolute atomic E-state index is 13.5. The number of sulfonamides is 1. The fraction of sp³-hybridized carbons (Fsp3) is 0.292. The predicted molar refractivity (Wildman–Crippen MR) is 123 cm³/mol. The van der Waals surface area contributed by atoms with Gasteiger partial charge in [0.2, 0.25) is 15.9 Å². The van der Waals surface area contributed by atoms with Crippen molar-refractivity contribution in [1.29, 1.82) is 0 Å². The number of hydrogen-bond donors (Lipinski definition) is 0. The number of fused-ring (bicyclic) bond motifs is 1. The van der Waals surface area contributed by atoms with Gasteiger partial charge in [-0.15, -0.1) is 11.3 Å². The quantitative estimate of drug-likeness (QED) is 0.510. The second-order valence-corrected chi connectivity index (χ2v) is 10.7. The van der Waals surface area contributed by atoms with Crippen molar-refractivity contribution in [3.8, 4) is 0 Å². The summed E-state index contributed by atoms with van der Waals surface area (Å²) in [5.41, 5.74) is 2.10. The molecule has 1 unspecified atom stereocenters. The van der Waals surface area contributed by atoms with Crippen molar-refractivity contribution in [3.05, 3.63) is 87.9 Å². The maximum atomic E-state index is 13.5. The van der Waals surface area contributed by atoms with E-state index < -0.39 is 15.8 Å². The van der Waals surface area contributed by atoms with Crippen molar-refractivity contribution < 1.29 is 17.6 Å². The molecule has 32 heavy (non-hydrogen) atoms. The number of amides is 1. The van der Waals surface area contributed by atoms with E-state index in [1.165, 1.54) is 21.3 Å². The largest absolute Gasteiger partial charge is 0.330 e. The number of hydrogen-bond acceptors (Lipinski definition) is 4. The summed E-state index contributed by atoms with van der Waals surface area (Å²) in [6.45, 7) is 2.35. The standard InChI is InChI=1S/C24H25FN2O3S2/c1-2-14-26(32(29,30)20-10-8-19(25)9-11-20)17-23(28)27-15-12-22-21(13-16-31-22)24(27)18-6-4-3-5-7-18/h3-11,13,16,24H,2,12,14-15,17H2,1H3.